The minimum atomic E-state index is -0.744. The molecule has 0 spiro atoms. The number of hydrogen-bond acceptors (Lipinski definition) is 6. The average Bonchev–Trinajstić information content (AvgIpc) is 2.86. The Labute approximate surface area is 219 Å². The van der Waals surface area contributed by atoms with Gasteiger partial charge in [0.2, 0.25) is 0 Å². The van der Waals surface area contributed by atoms with Gasteiger partial charge in [-0.2, -0.15) is 0 Å². The molecule has 0 amide bonds. The molecule has 0 aliphatic rings. The van der Waals surface area contributed by atoms with Gasteiger partial charge < -0.3 is 14.0 Å². The number of carbonyl (C=O) groups is 1. The summed E-state index contributed by atoms with van der Waals surface area (Å²) in [6.45, 7) is 12.8. The van der Waals surface area contributed by atoms with Gasteiger partial charge in [0.25, 0.3) is 0 Å². The molecule has 37 heavy (non-hydrogen) atoms. The van der Waals surface area contributed by atoms with E-state index < -0.39 is 17.2 Å². The molecule has 0 saturated carbocycles. The fourth-order valence-corrected chi connectivity index (χ4v) is 4.49. The van der Waals surface area contributed by atoms with Crippen LogP contribution in [-0.2, 0) is 27.2 Å². The molecule has 0 unspecified atom stereocenters. The summed E-state index contributed by atoms with van der Waals surface area (Å²) in [5, 5.41) is 0.793. The van der Waals surface area contributed by atoms with Crippen molar-refractivity contribution in [2.24, 2.45) is 0 Å². The first-order valence-corrected chi connectivity index (χ1v) is 13.0. The third-order valence-corrected chi connectivity index (χ3v) is 6.25. The molecule has 0 aliphatic carbocycles. The van der Waals surface area contributed by atoms with Gasteiger partial charge >= 0.3 is 18.5 Å². The van der Waals surface area contributed by atoms with Gasteiger partial charge in [-0.25, -0.2) is 9.59 Å². The second kappa shape index (κ2) is 12.8. The van der Waals surface area contributed by atoms with Crippen LogP contribution in [-0.4, -0.2) is 18.5 Å². The largest absolute Gasteiger partial charge is 0.457 e. The highest BCUT2D eigenvalue weighted by Crippen LogP contribution is 2.28. The normalized spacial score (nSPS) is 11.4. The Kier molecular flexibility index (Phi) is 9.76. The molecule has 0 saturated heterocycles. The SMILES string of the molecule is C=CC(=O)OC(C)(C)CB(C)OOc1ccc2cc(-c3ccc(CCCCC)cc3CC)c(=O)oc2c1. The van der Waals surface area contributed by atoms with E-state index in [0.29, 0.717) is 23.2 Å². The number of fused-ring (bicyclic) bond motifs is 1. The van der Waals surface area contributed by atoms with Gasteiger partial charge in [0.15, 0.2) is 5.75 Å². The number of carbonyl (C=O) groups excluding carboxylic acids is 1. The Morgan fingerprint density at radius 1 is 1.08 bits per heavy atom. The summed E-state index contributed by atoms with van der Waals surface area (Å²) in [7, 11) is 0. The molecule has 0 atom stereocenters. The molecule has 196 valence electrons. The summed E-state index contributed by atoms with van der Waals surface area (Å²) in [4.78, 5) is 35.4. The van der Waals surface area contributed by atoms with Gasteiger partial charge in [0.05, 0.1) is 5.56 Å². The van der Waals surface area contributed by atoms with E-state index in [0.717, 1.165) is 35.4 Å². The van der Waals surface area contributed by atoms with Crippen molar-refractivity contribution >= 4 is 23.9 Å². The van der Waals surface area contributed by atoms with Crippen LogP contribution in [0.5, 0.6) is 5.75 Å². The molecule has 3 rings (SSSR count). The van der Waals surface area contributed by atoms with Crippen LogP contribution in [0.15, 0.2) is 64.3 Å². The second-order valence-corrected chi connectivity index (χ2v) is 10.0. The zero-order chi connectivity index (χ0) is 27.0. The fourth-order valence-electron chi connectivity index (χ4n) is 4.49. The van der Waals surface area contributed by atoms with Crippen LogP contribution in [0.3, 0.4) is 0 Å². The maximum Gasteiger partial charge on any atom is 0.357 e. The lowest BCUT2D eigenvalue weighted by molar-refractivity contribution is -0.149. The maximum absolute atomic E-state index is 13.0. The summed E-state index contributed by atoms with van der Waals surface area (Å²) in [6, 6.07) is 13.5. The van der Waals surface area contributed by atoms with Gasteiger partial charge in [-0.15, -0.1) is 0 Å². The van der Waals surface area contributed by atoms with Gasteiger partial charge in [0.1, 0.15) is 11.2 Å². The van der Waals surface area contributed by atoms with E-state index in [9.17, 15) is 9.59 Å². The number of aryl methyl sites for hydroxylation is 2. The van der Waals surface area contributed by atoms with Crippen molar-refractivity contribution in [1.82, 2.24) is 0 Å². The van der Waals surface area contributed by atoms with Crippen molar-refractivity contribution in [3.8, 4) is 16.9 Å². The van der Waals surface area contributed by atoms with Crippen molar-refractivity contribution in [2.45, 2.75) is 78.5 Å². The Balaban J connectivity index is 1.75. The molecular formula is C30H37BO6. The van der Waals surface area contributed by atoms with Gasteiger partial charge in [-0.05, 0) is 74.3 Å². The number of benzene rings is 2. The minimum absolute atomic E-state index is 0.366. The lowest BCUT2D eigenvalue weighted by atomic mass is 9.63. The van der Waals surface area contributed by atoms with Gasteiger partial charge in [0, 0.05) is 17.5 Å². The van der Waals surface area contributed by atoms with Crippen LogP contribution < -0.4 is 10.5 Å². The molecule has 6 nitrogen and oxygen atoms in total. The predicted molar refractivity (Wildman–Crippen MR) is 149 cm³/mol. The third-order valence-electron chi connectivity index (χ3n) is 6.25. The van der Waals surface area contributed by atoms with E-state index in [2.05, 4.69) is 32.6 Å². The van der Waals surface area contributed by atoms with E-state index in [1.54, 1.807) is 26.0 Å². The molecule has 7 heteroatoms. The quantitative estimate of drug-likeness (QED) is 0.0466. The number of ether oxygens (including phenoxy) is 1. The molecule has 1 aromatic heterocycles. The van der Waals surface area contributed by atoms with E-state index >= 15 is 0 Å². The number of hydrogen-bond donors (Lipinski definition) is 0. The van der Waals surface area contributed by atoms with Crippen molar-refractivity contribution in [3.05, 3.63) is 76.7 Å². The van der Waals surface area contributed by atoms with Crippen LogP contribution in [0.4, 0.5) is 0 Å². The summed E-state index contributed by atoms with van der Waals surface area (Å²) >= 11 is 0. The highest BCUT2D eigenvalue weighted by molar-refractivity contribution is 6.50. The van der Waals surface area contributed by atoms with E-state index in [-0.39, 0.29) is 6.92 Å². The van der Waals surface area contributed by atoms with Crippen LogP contribution in [0.25, 0.3) is 22.1 Å². The lowest BCUT2D eigenvalue weighted by Crippen LogP contribution is -2.33. The molecular weight excluding hydrogens is 467 g/mol. The second-order valence-electron chi connectivity index (χ2n) is 10.0. The van der Waals surface area contributed by atoms with E-state index in [1.165, 1.54) is 24.8 Å². The first-order chi connectivity index (χ1) is 17.7. The zero-order valence-electron chi connectivity index (χ0n) is 22.6. The summed E-state index contributed by atoms with van der Waals surface area (Å²) < 4.78 is 11.0. The lowest BCUT2D eigenvalue weighted by Gasteiger charge is -2.25. The third kappa shape index (κ3) is 7.83. The molecule has 2 aromatic carbocycles. The van der Waals surface area contributed by atoms with Crippen LogP contribution in [0.1, 0.15) is 58.1 Å². The van der Waals surface area contributed by atoms with Crippen molar-refractivity contribution in [3.63, 3.8) is 0 Å². The summed E-state index contributed by atoms with van der Waals surface area (Å²) in [5.74, 6) is -0.0853. The molecule has 0 bridgehead atoms. The Bertz CT molecular complexity index is 1290. The monoisotopic (exact) mass is 504 g/mol. The number of rotatable bonds is 13. The zero-order valence-corrected chi connectivity index (χ0v) is 22.6. The van der Waals surface area contributed by atoms with E-state index in [4.69, 9.17) is 18.8 Å². The van der Waals surface area contributed by atoms with Gasteiger partial charge in [-0.3, -0.25) is 4.81 Å². The topological polar surface area (TPSA) is 75.0 Å². The predicted octanol–water partition coefficient (Wildman–Crippen LogP) is 7.19. The summed E-state index contributed by atoms with van der Waals surface area (Å²) in [6.07, 6.45) is 7.01. The fraction of sp³-hybridized carbons (Fsp3) is 0.400. The Morgan fingerprint density at radius 2 is 1.86 bits per heavy atom. The smallest absolute Gasteiger partial charge is 0.357 e. The molecule has 3 aromatic rings. The van der Waals surface area contributed by atoms with Crippen LogP contribution in [0, 0.1) is 0 Å². The highest BCUT2D eigenvalue weighted by Gasteiger charge is 2.29. The van der Waals surface area contributed by atoms with Gasteiger partial charge in [-0.1, -0.05) is 58.3 Å². The number of esters is 1. The van der Waals surface area contributed by atoms with Crippen LogP contribution in [0.2, 0.25) is 13.1 Å². The average molecular weight is 504 g/mol. The molecule has 0 N–H and O–H groups in total. The molecule has 1 heterocycles. The summed E-state index contributed by atoms with van der Waals surface area (Å²) in [5.41, 5.74) is 3.19. The Morgan fingerprint density at radius 3 is 2.57 bits per heavy atom. The first-order valence-electron chi connectivity index (χ1n) is 13.0. The maximum atomic E-state index is 13.0. The first kappa shape index (κ1) is 28.3. The minimum Gasteiger partial charge on any atom is -0.457 e. The molecule has 0 radical (unpaired) electrons. The van der Waals surface area contributed by atoms with Crippen molar-refractivity contribution in [2.75, 3.05) is 0 Å². The Hall–Kier alpha value is -3.32. The van der Waals surface area contributed by atoms with Crippen LogP contribution >= 0.6 is 0 Å². The highest BCUT2D eigenvalue weighted by atomic mass is 17.2. The van der Waals surface area contributed by atoms with Crippen molar-refractivity contribution in [1.29, 1.82) is 0 Å². The van der Waals surface area contributed by atoms with E-state index in [1.807, 2.05) is 25.0 Å². The van der Waals surface area contributed by atoms with Crippen molar-refractivity contribution < 1.29 is 23.6 Å². The molecule has 0 aliphatic heterocycles. The number of unbranched alkanes of at least 4 members (excludes halogenated alkanes) is 2. The molecule has 0 fully saturated rings. The standard InChI is InChI=1S/C30H37BO6/c1-7-10-11-12-21-13-16-25(22(8-2)17-21)26-18-23-14-15-24(19-27(23)34-29(26)33)36-37-31(6)20-30(4,5)35-28(32)9-3/h9,13-19H,3,7-8,10-12,20H2,1-2,4-6H3.